The van der Waals surface area contributed by atoms with E-state index in [1.165, 1.54) is 0 Å². The quantitative estimate of drug-likeness (QED) is 0.673. The van der Waals surface area contributed by atoms with Crippen LogP contribution in [0.4, 0.5) is 10.5 Å². The number of benzene rings is 2. The van der Waals surface area contributed by atoms with Crippen LogP contribution in [0.3, 0.4) is 0 Å². The molecule has 150 valence electrons. The topological polar surface area (TPSA) is 79.3 Å². The summed E-state index contributed by atoms with van der Waals surface area (Å²) < 4.78 is 1.78. The average Bonchev–Trinajstić information content (AvgIpc) is 3.16. The van der Waals surface area contributed by atoms with E-state index in [1.54, 1.807) is 47.1 Å². The van der Waals surface area contributed by atoms with E-state index in [2.05, 4.69) is 15.7 Å². The second-order valence-corrected chi connectivity index (χ2v) is 7.09. The molecule has 0 radical (unpaired) electrons. The number of amides is 3. The molecule has 0 aliphatic rings. The van der Waals surface area contributed by atoms with Crippen molar-refractivity contribution in [2.45, 2.75) is 26.4 Å². The van der Waals surface area contributed by atoms with Crippen LogP contribution in [-0.2, 0) is 6.54 Å². The number of anilines is 1. The maximum absolute atomic E-state index is 13.0. The number of nitrogens with one attached hydrogen (secondary N) is 2. The van der Waals surface area contributed by atoms with Gasteiger partial charge in [-0.3, -0.25) is 4.79 Å². The van der Waals surface area contributed by atoms with E-state index < -0.39 is 0 Å². The van der Waals surface area contributed by atoms with Gasteiger partial charge >= 0.3 is 6.03 Å². The molecular weight excluding hydrogens is 366 g/mol. The summed E-state index contributed by atoms with van der Waals surface area (Å²) in [5.41, 5.74) is 2.78. The van der Waals surface area contributed by atoms with Gasteiger partial charge in [0.25, 0.3) is 5.91 Å². The minimum absolute atomic E-state index is 0.00156. The van der Waals surface area contributed by atoms with E-state index in [0.717, 1.165) is 11.3 Å². The number of hydrogen-bond donors (Lipinski definition) is 2. The lowest BCUT2D eigenvalue weighted by Gasteiger charge is -2.19. The van der Waals surface area contributed by atoms with Gasteiger partial charge in [-0.05, 0) is 38.1 Å². The largest absolute Gasteiger partial charge is 0.337 e. The molecule has 0 unspecified atom stereocenters. The first-order valence-corrected chi connectivity index (χ1v) is 9.45. The molecule has 0 aliphatic heterocycles. The molecule has 2 N–H and O–H groups in total. The fourth-order valence-corrected chi connectivity index (χ4v) is 2.91. The summed E-state index contributed by atoms with van der Waals surface area (Å²) in [4.78, 5) is 26.6. The summed E-state index contributed by atoms with van der Waals surface area (Å²) >= 11 is 0. The van der Waals surface area contributed by atoms with Crippen molar-refractivity contribution in [1.29, 1.82) is 0 Å². The van der Waals surface area contributed by atoms with Gasteiger partial charge in [-0.25, -0.2) is 9.48 Å². The zero-order valence-electron chi connectivity index (χ0n) is 16.8. The zero-order valence-corrected chi connectivity index (χ0v) is 16.8. The minimum atomic E-state index is -0.341. The molecule has 1 aromatic heterocycles. The lowest BCUT2D eigenvalue weighted by molar-refractivity contribution is 0.0786. The first-order chi connectivity index (χ1) is 13.9. The van der Waals surface area contributed by atoms with Gasteiger partial charge < -0.3 is 15.5 Å². The highest BCUT2D eigenvalue weighted by atomic mass is 16.2. The predicted octanol–water partition coefficient (Wildman–Crippen LogP) is 3.67. The Morgan fingerprint density at radius 1 is 1.07 bits per heavy atom. The van der Waals surface area contributed by atoms with E-state index in [4.69, 9.17) is 0 Å². The van der Waals surface area contributed by atoms with E-state index in [9.17, 15) is 9.59 Å². The maximum Gasteiger partial charge on any atom is 0.319 e. The smallest absolute Gasteiger partial charge is 0.319 e. The number of aromatic nitrogens is 2. The highest BCUT2D eigenvalue weighted by molar-refractivity contribution is 6.03. The van der Waals surface area contributed by atoms with Crippen molar-refractivity contribution in [3.8, 4) is 5.69 Å². The van der Waals surface area contributed by atoms with Crippen molar-refractivity contribution in [2.75, 3.05) is 12.4 Å². The molecule has 3 aromatic rings. The molecule has 29 heavy (non-hydrogen) atoms. The van der Waals surface area contributed by atoms with Crippen molar-refractivity contribution < 1.29 is 9.59 Å². The number of carbonyl (C=O) groups is 2. The van der Waals surface area contributed by atoms with Gasteiger partial charge in [0, 0.05) is 31.4 Å². The molecule has 3 rings (SSSR count). The Labute approximate surface area is 170 Å². The average molecular weight is 391 g/mol. The Hall–Kier alpha value is -3.61. The van der Waals surface area contributed by atoms with Crippen molar-refractivity contribution >= 4 is 17.6 Å². The molecule has 7 heteroatoms. The van der Waals surface area contributed by atoms with Gasteiger partial charge in [0.05, 0.1) is 23.1 Å². The standard InChI is InChI=1S/C22H25N5O2/c1-16(2)24-22(29)25-20-12-8-7-11-19(20)21(28)26(3)14-17-13-23-27(15-17)18-9-5-4-6-10-18/h4-13,15-16H,14H2,1-3H3,(H2,24,25,29). The lowest BCUT2D eigenvalue weighted by atomic mass is 10.1. The van der Waals surface area contributed by atoms with Crippen LogP contribution in [-0.4, -0.2) is 39.7 Å². The molecular formula is C22H25N5O2. The van der Waals surface area contributed by atoms with Crippen LogP contribution in [0.1, 0.15) is 29.8 Å². The van der Waals surface area contributed by atoms with Crippen LogP contribution in [0, 0.1) is 0 Å². The van der Waals surface area contributed by atoms with Crippen LogP contribution < -0.4 is 10.6 Å². The molecule has 2 aromatic carbocycles. The highest BCUT2D eigenvalue weighted by Gasteiger charge is 2.18. The van der Waals surface area contributed by atoms with Crippen LogP contribution in [0.5, 0.6) is 0 Å². The van der Waals surface area contributed by atoms with E-state index in [0.29, 0.717) is 17.8 Å². The number of rotatable bonds is 6. The lowest BCUT2D eigenvalue weighted by Crippen LogP contribution is -2.35. The molecule has 0 spiro atoms. The van der Waals surface area contributed by atoms with Crippen molar-refractivity contribution in [3.63, 3.8) is 0 Å². The van der Waals surface area contributed by atoms with E-state index in [-0.39, 0.29) is 18.0 Å². The van der Waals surface area contributed by atoms with Gasteiger partial charge in [-0.15, -0.1) is 0 Å². The zero-order chi connectivity index (χ0) is 20.8. The van der Waals surface area contributed by atoms with Gasteiger partial charge in [-0.1, -0.05) is 30.3 Å². The summed E-state index contributed by atoms with van der Waals surface area (Å²) in [5.74, 6) is -0.182. The van der Waals surface area contributed by atoms with Crippen molar-refractivity contribution in [1.82, 2.24) is 20.0 Å². The normalized spacial score (nSPS) is 10.6. The third-order valence-electron chi connectivity index (χ3n) is 4.25. The summed E-state index contributed by atoms with van der Waals surface area (Å²) in [6.07, 6.45) is 3.65. The molecule has 0 bridgehead atoms. The summed E-state index contributed by atoms with van der Waals surface area (Å²) in [7, 11) is 1.73. The maximum atomic E-state index is 13.0. The number of nitrogens with zero attached hydrogens (tertiary/aromatic N) is 3. The third kappa shape index (κ3) is 5.22. The highest BCUT2D eigenvalue weighted by Crippen LogP contribution is 2.18. The molecule has 1 heterocycles. The van der Waals surface area contributed by atoms with Crippen LogP contribution in [0.15, 0.2) is 67.0 Å². The first kappa shape index (κ1) is 20.1. The molecule has 0 aliphatic carbocycles. The molecule has 0 fully saturated rings. The summed E-state index contributed by atoms with van der Waals surface area (Å²) in [6, 6.07) is 16.4. The van der Waals surface area contributed by atoms with Crippen molar-refractivity contribution in [3.05, 3.63) is 78.1 Å². The van der Waals surface area contributed by atoms with Gasteiger partial charge in [0.15, 0.2) is 0 Å². The fraction of sp³-hybridized carbons (Fsp3) is 0.227. The SMILES string of the molecule is CC(C)NC(=O)Nc1ccccc1C(=O)N(C)Cc1cnn(-c2ccccc2)c1. The summed E-state index contributed by atoms with van der Waals surface area (Å²) in [6.45, 7) is 4.15. The van der Waals surface area contributed by atoms with E-state index >= 15 is 0 Å². The second-order valence-electron chi connectivity index (χ2n) is 7.09. The Morgan fingerprint density at radius 2 is 1.76 bits per heavy atom. The van der Waals surface area contributed by atoms with Crippen molar-refractivity contribution in [2.24, 2.45) is 0 Å². The minimum Gasteiger partial charge on any atom is -0.337 e. The second kappa shape index (κ2) is 9.05. The van der Waals surface area contributed by atoms with Gasteiger partial charge in [0.1, 0.15) is 0 Å². The Morgan fingerprint density at radius 3 is 2.48 bits per heavy atom. The molecule has 3 amide bonds. The predicted molar refractivity (Wildman–Crippen MR) is 113 cm³/mol. The van der Waals surface area contributed by atoms with Gasteiger partial charge in [0.2, 0.25) is 0 Å². The van der Waals surface area contributed by atoms with Crippen LogP contribution >= 0.6 is 0 Å². The molecule has 0 atom stereocenters. The monoisotopic (exact) mass is 391 g/mol. The molecule has 0 saturated carbocycles. The van der Waals surface area contributed by atoms with Crippen LogP contribution in [0.25, 0.3) is 5.69 Å². The van der Waals surface area contributed by atoms with E-state index in [1.807, 2.05) is 50.4 Å². The number of carbonyl (C=O) groups excluding carboxylic acids is 2. The number of hydrogen-bond acceptors (Lipinski definition) is 3. The number of para-hydroxylation sites is 2. The number of urea groups is 1. The van der Waals surface area contributed by atoms with Gasteiger partial charge in [-0.2, -0.15) is 5.10 Å². The fourth-order valence-electron chi connectivity index (χ4n) is 2.91. The third-order valence-corrected chi connectivity index (χ3v) is 4.25. The van der Waals surface area contributed by atoms with Crippen LogP contribution in [0.2, 0.25) is 0 Å². The molecule has 7 nitrogen and oxygen atoms in total. The Kier molecular flexibility index (Phi) is 6.29. The molecule has 0 saturated heterocycles. The Bertz CT molecular complexity index is 982. The summed E-state index contributed by atoms with van der Waals surface area (Å²) in [5, 5.41) is 9.88. The first-order valence-electron chi connectivity index (χ1n) is 9.45. The Balaban J connectivity index is 1.71.